The predicted octanol–water partition coefficient (Wildman–Crippen LogP) is 4.92. The second kappa shape index (κ2) is 9.18. The lowest BCUT2D eigenvalue weighted by atomic mass is 9.92. The Hall–Kier alpha value is -2.05. The highest BCUT2D eigenvalue weighted by molar-refractivity contribution is 6.42. The highest BCUT2D eigenvalue weighted by atomic mass is 35.5. The number of likely N-dealkylation sites (N-methyl/N-ethyl adjacent to an activating group) is 1. The number of halogens is 2. The van der Waals surface area contributed by atoms with E-state index in [2.05, 4.69) is 10.4 Å². The second-order valence-corrected chi connectivity index (χ2v) is 9.04. The fourth-order valence-electron chi connectivity index (χ4n) is 2.72. The van der Waals surface area contributed by atoms with Crippen molar-refractivity contribution >= 4 is 40.8 Å². The zero-order valence-corrected chi connectivity index (χ0v) is 19.2. The number of aromatic nitrogens is 2. The SMILES string of the molecule is CCN(CC(=O)Nc1cc(C(C)(C)C)nn1-c1ccc(Cl)c(Cl)c1)C(=O)C(C)C. The van der Waals surface area contributed by atoms with E-state index in [1.807, 2.05) is 47.6 Å². The molecule has 2 amide bonds. The first kappa shape index (κ1) is 23.2. The van der Waals surface area contributed by atoms with Crippen molar-refractivity contribution in [2.75, 3.05) is 18.4 Å². The van der Waals surface area contributed by atoms with E-state index in [-0.39, 0.29) is 29.7 Å². The van der Waals surface area contributed by atoms with Gasteiger partial charge in [0.25, 0.3) is 0 Å². The lowest BCUT2D eigenvalue weighted by Gasteiger charge is -2.22. The molecule has 0 aliphatic rings. The number of benzene rings is 1. The smallest absolute Gasteiger partial charge is 0.245 e. The van der Waals surface area contributed by atoms with Gasteiger partial charge in [-0.25, -0.2) is 4.68 Å². The molecule has 0 aliphatic carbocycles. The molecular formula is C21H28Cl2N4O2. The highest BCUT2D eigenvalue weighted by Gasteiger charge is 2.23. The lowest BCUT2D eigenvalue weighted by molar-refractivity contribution is -0.137. The van der Waals surface area contributed by atoms with Gasteiger partial charge in [-0.3, -0.25) is 9.59 Å². The highest BCUT2D eigenvalue weighted by Crippen LogP contribution is 2.29. The topological polar surface area (TPSA) is 67.2 Å². The number of hydrogen-bond acceptors (Lipinski definition) is 3. The van der Waals surface area contributed by atoms with Crippen LogP contribution in [0.25, 0.3) is 5.69 Å². The average molecular weight is 439 g/mol. The summed E-state index contributed by atoms with van der Waals surface area (Å²) in [5.41, 5.74) is 1.27. The van der Waals surface area contributed by atoms with Crippen LogP contribution in [0.1, 0.15) is 47.2 Å². The molecule has 8 heteroatoms. The zero-order chi connectivity index (χ0) is 21.9. The Balaban J connectivity index is 2.35. The molecule has 1 N–H and O–H groups in total. The van der Waals surface area contributed by atoms with Crippen LogP contribution in [0.3, 0.4) is 0 Å². The van der Waals surface area contributed by atoms with Crippen LogP contribution >= 0.6 is 23.2 Å². The van der Waals surface area contributed by atoms with Crippen LogP contribution in [0, 0.1) is 5.92 Å². The fourth-order valence-corrected chi connectivity index (χ4v) is 3.01. The lowest BCUT2D eigenvalue weighted by Crippen LogP contribution is -2.40. The normalized spacial score (nSPS) is 11.6. The number of nitrogens with one attached hydrogen (secondary N) is 1. The van der Waals surface area contributed by atoms with Gasteiger partial charge >= 0.3 is 0 Å². The van der Waals surface area contributed by atoms with Gasteiger partial charge in [0, 0.05) is 23.9 Å². The predicted molar refractivity (Wildman–Crippen MR) is 118 cm³/mol. The monoisotopic (exact) mass is 438 g/mol. The van der Waals surface area contributed by atoms with Crippen molar-refractivity contribution in [2.24, 2.45) is 5.92 Å². The molecule has 0 radical (unpaired) electrons. The van der Waals surface area contributed by atoms with Crippen molar-refractivity contribution < 1.29 is 9.59 Å². The summed E-state index contributed by atoms with van der Waals surface area (Å²) < 4.78 is 1.63. The molecule has 1 aromatic heterocycles. The van der Waals surface area contributed by atoms with Gasteiger partial charge in [-0.2, -0.15) is 5.10 Å². The van der Waals surface area contributed by atoms with Crippen molar-refractivity contribution in [3.8, 4) is 5.69 Å². The van der Waals surface area contributed by atoms with Crippen LogP contribution in [0.2, 0.25) is 10.0 Å². The molecule has 0 fully saturated rings. The van der Waals surface area contributed by atoms with Crippen molar-refractivity contribution in [1.29, 1.82) is 0 Å². The maximum Gasteiger partial charge on any atom is 0.245 e. The summed E-state index contributed by atoms with van der Waals surface area (Å²) >= 11 is 12.2. The Bertz CT molecular complexity index is 901. The standard InChI is InChI=1S/C21H28Cl2N4O2/c1-7-26(20(29)13(2)3)12-19(28)24-18-11-17(21(4,5)6)25-27(18)14-8-9-15(22)16(23)10-14/h8-11,13H,7,12H2,1-6H3,(H,24,28). The van der Waals surface area contributed by atoms with Crippen molar-refractivity contribution in [3.05, 3.63) is 40.0 Å². The van der Waals surface area contributed by atoms with E-state index in [0.29, 0.717) is 28.1 Å². The summed E-state index contributed by atoms with van der Waals surface area (Å²) in [5.74, 6) is -0.0121. The molecule has 0 unspecified atom stereocenters. The van der Waals surface area contributed by atoms with Gasteiger partial charge in [0.1, 0.15) is 5.82 Å². The van der Waals surface area contributed by atoms with E-state index in [9.17, 15) is 9.59 Å². The van der Waals surface area contributed by atoms with E-state index in [1.54, 1.807) is 22.9 Å². The molecule has 2 rings (SSSR count). The van der Waals surface area contributed by atoms with E-state index in [0.717, 1.165) is 5.69 Å². The number of hydrogen-bond donors (Lipinski definition) is 1. The molecular weight excluding hydrogens is 411 g/mol. The van der Waals surface area contributed by atoms with Gasteiger partial charge in [0.2, 0.25) is 11.8 Å². The molecule has 29 heavy (non-hydrogen) atoms. The Morgan fingerprint density at radius 2 is 1.83 bits per heavy atom. The number of carbonyl (C=O) groups is 2. The Morgan fingerprint density at radius 3 is 2.34 bits per heavy atom. The van der Waals surface area contributed by atoms with Crippen molar-refractivity contribution in [1.82, 2.24) is 14.7 Å². The Morgan fingerprint density at radius 1 is 1.17 bits per heavy atom. The summed E-state index contributed by atoms with van der Waals surface area (Å²) in [4.78, 5) is 26.5. The minimum absolute atomic E-state index is 0.0229. The van der Waals surface area contributed by atoms with Crippen LogP contribution in [0.5, 0.6) is 0 Å². The first-order valence-electron chi connectivity index (χ1n) is 9.58. The van der Waals surface area contributed by atoms with Gasteiger partial charge in [0.15, 0.2) is 0 Å². The third-order valence-electron chi connectivity index (χ3n) is 4.41. The molecule has 1 aromatic carbocycles. The maximum absolute atomic E-state index is 12.7. The molecule has 0 atom stereocenters. The molecule has 0 saturated heterocycles. The van der Waals surface area contributed by atoms with Crippen LogP contribution in [0.4, 0.5) is 5.82 Å². The third-order valence-corrected chi connectivity index (χ3v) is 5.15. The molecule has 1 heterocycles. The third kappa shape index (κ3) is 5.73. The summed E-state index contributed by atoms with van der Waals surface area (Å²) in [6.45, 7) is 12.1. The number of carbonyl (C=O) groups excluding carboxylic acids is 2. The molecule has 0 spiro atoms. The van der Waals surface area contributed by atoms with Gasteiger partial charge in [-0.1, -0.05) is 57.8 Å². The molecule has 6 nitrogen and oxygen atoms in total. The van der Waals surface area contributed by atoms with Crippen LogP contribution in [0.15, 0.2) is 24.3 Å². The van der Waals surface area contributed by atoms with E-state index >= 15 is 0 Å². The number of amides is 2. The summed E-state index contributed by atoms with van der Waals surface area (Å²) in [7, 11) is 0. The van der Waals surface area contributed by atoms with Crippen LogP contribution < -0.4 is 5.32 Å². The first-order valence-corrected chi connectivity index (χ1v) is 10.3. The second-order valence-electron chi connectivity index (χ2n) is 8.23. The van der Waals surface area contributed by atoms with Gasteiger partial charge in [0.05, 0.1) is 28.0 Å². The first-order chi connectivity index (χ1) is 13.4. The minimum Gasteiger partial charge on any atom is -0.333 e. The van der Waals surface area contributed by atoms with E-state index in [1.165, 1.54) is 4.90 Å². The summed E-state index contributed by atoms with van der Waals surface area (Å²) in [6.07, 6.45) is 0. The van der Waals surface area contributed by atoms with Gasteiger partial charge in [-0.15, -0.1) is 0 Å². The summed E-state index contributed by atoms with van der Waals surface area (Å²) in [6, 6.07) is 6.99. The molecule has 0 aliphatic heterocycles. The number of nitrogens with zero attached hydrogens (tertiary/aromatic N) is 3. The summed E-state index contributed by atoms with van der Waals surface area (Å²) in [5, 5.41) is 8.38. The Kier molecular flexibility index (Phi) is 7.35. The zero-order valence-electron chi connectivity index (χ0n) is 17.7. The van der Waals surface area contributed by atoms with E-state index < -0.39 is 0 Å². The molecule has 0 bridgehead atoms. The molecule has 158 valence electrons. The van der Waals surface area contributed by atoms with E-state index in [4.69, 9.17) is 23.2 Å². The number of rotatable bonds is 6. The maximum atomic E-state index is 12.7. The molecule has 2 aromatic rings. The molecule has 0 saturated carbocycles. The fraction of sp³-hybridized carbons (Fsp3) is 0.476. The van der Waals surface area contributed by atoms with Crippen LogP contribution in [-0.2, 0) is 15.0 Å². The number of anilines is 1. The largest absolute Gasteiger partial charge is 0.333 e. The quantitative estimate of drug-likeness (QED) is 0.695. The minimum atomic E-state index is -0.289. The van der Waals surface area contributed by atoms with Crippen molar-refractivity contribution in [2.45, 2.75) is 47.0 Å². The Labute approximate surface area is 182 Å². The average Bonchev–Trinajstić information content (AvgIpc) is 3.05. The van der Waals surface area contributed by atoms with Gasteiger partial charge < -0.3 is 10.2 Å². The van der Waals surface area contributed by atoms with Gasteiger partial charge in [-0.05, 0) is 25.1 Å². The van der Waals surface area contributed by atoms with Crippen molar-refractivity contribution in [3.63, 3.8) is 0 Å². The van der Waals surface area contributed by atoms with Crippen LogP contribution in [-0.4, -0.2) is 39.6 Å².